The van der Waals surface area contributed by atoms with E-state index >= 15 is 0 Å². The lowest BCUT2D eigenvalue weighted by Crippen LogP contribution is -2.53. The number of benzene rings is 1. The van der Waals surface area contributed by atoms with E-state index in [1.54, 1.807) is 38.3 Å². The molecule has 28 heavy (non-hydrogen) atoms. The van der Waals surface area contributed by atoms with Crippen molar-refractivity contribution in [3.8, 4) is 5.75 Å². The number of nitrogens with zero attached hydrogens (tertiary/aromatic N) is 2. The number of carbonyl (C=O) groups is 3. The number of fused-ring (bicyclic) bond motifs is 1. The first-order chi connectivity index (χ1) is 13.4. The molecule has 1 aromatic carbocycles. The predicted molar refractivity (Wildman–Crippen MR) is 103 cm³/mol. The van der Waals surface area contributed by atoms with E-state index in [2.05, 4.69) is 5.32 Å². The van der Waals surface area contributed by atoms with Crippen LogP contribution in [0.2, 0.25) is 0 Å². The van der Waals surface area contributed by atoms with Crippen LogP contribution in [0.5, 0.6) is 5.75 Å². The summed E-state index contributed by atoms with van der Waals surface area (Å²) >= 11 is 0. The number of amides is 3. The quantitative estimate of drug-likeness (QED) is 0.832. The average Bonchev–Trinajstić information content (AvgIpc) is 3.24. The van der Waals surface area contributed by atoms with E-state index in [0.717, 1.165) is 25.0 Å². The number of piperidine rings is 1. The summed E-state index contributed by atoms with van der Waals surface area (Å²) in [5.74, 6) is 0.821. The van der Waals surface area contributed by atoms with Crippen LogP contribution in [0.1, 0.15) is 36.5 Å². The van der Waals surface area contributed by atoms with Crippen molar-refractivity contribution in [2.24, 2.45) is 10.8 Å². The van der Waals surface area contributed by atoms with Crippen LogP contribution in [0.4, 0.5) is 0 Å². The van der Waals surface area contributed by atoms with Gasteiger partial charge in [0.15, 0.2) is 0 Å². The molecule has 3 aliphatic heterocycles. The van der Waals surface area contributed by atoms with E-state index in [0.29, 0.717) is 38.3 Å². The highest BCUT2D eigenvalue weighted by atomic mass is 16.5. The fraction of sp³-hybridized carbons (Fsp3) is 0.571. The lowest BCUT2D eigenvalue weighted by molar-refractivity contribution is -0.134. The summed E-state index contributed by atoms with van der Waals surface area (Å²) in [4.78, 5) is 41.4. The van der Waals surface area contributed by atoms with E-state index in [1.807, 2.05) is 9.80 Å². The molecular formula is C21H27N3O4. The minimum Gasteiger partial charge on any atom is -0.497 e. The van der Waals surface area contributed by atoms with Crippen LogP contribution in [-0.4, -0.2) is 67.4 Å². The Morgan fingerprint density at radius 3 is 2.25 bits per heavy atom. The summed E-state index contributed by atoms with van der Waals surface area (Å²) in [6.45, 7) is 4.56. The molecule has 7 heteroatoms. The van der Waals surface area contributed by atoms with Gasteiger partial charge >= 0.3 is 0 Å². The number of ether oxygens (including phenoxy) is 1. The van der Waals surface area contributed by atoms with Crippen molar-refractivity contribution in [3.63, 3.8) is 0 Å². The molecule has 1 unspecified atom stereocenters. The van der Waals surface area contributed by atoms with Crippen molar-refractivity contribution in [3.05, 3.63) is 29.8 Å². The van der Waals surface area contributed by atoms with Crippen LogP contribution in [0.3, 0.4) is 0 Å². The summed E-state index contributed by atoms with van der Waals surface area (Å²) in [6.07, 6.45) is 2.25. The fourth-order valence-corrected chi connectivity index (χ4v) is 5.31. The van der Waals surface area contributed by atoms with Crippen LogP contribution < -0.4 is 10.1 Å². The Morgan fingerprint density at radius 1 is 1.04 bits per heavy atom. The second-order valence-electron chi connectivity index (χ2n) is 8.26. The van der Waals surface area contributed by atoms with Gasteiger partial charge in [-0.25, -0.2) is 0 Å². The van der Waals surface area contributed by atoms with Gasteiger partial charge in [0.25, 0.3) is 5.91 Å². The number of hydrogen-bond donors (Lipinski definition) is 1. The van der Waals surface area contributed by atoms with Crippen LogP contribution >= 0.6 is 0 Å². The molecule has 0 radical (unpaired) electrons. The molecule has 7 nitrogen and oxygen atoms in total. The highest BCUT2D eigenvalue weighted by Gasteiger charge is 2.64. The predicted octanol–water partition coefficient (Wildman–Crippen LogP) is 1.29. The molecule has 3 aliphatic rings. The van der Waals surface area contributed by atoms with E-state index in [9.17, 15) is 14.4 Å². The number of likely N-dealkylation sites (tertiary alicyclic amines) is 2. The molecular weight excluding hydrogens is 358 g/mol. The SMILES string of the molecule is COc1ccc(C(=O)N2CCC3(CC2)CN(C(C)=O)CC32CCNC2=O)cc1. The van der Waals surface area contributed by atoms with Crippen LogP contribution in [-0.2, 0) is 9.59 Å². The molecule has 1 atom stereocenters. The molecule has 0 aromatic heterocycles. The molecule has 4 rings (SSSR count). The minimum absolute atomic E-state index is 0.00356. The van der Waals surface area contributed by atoms with Crippen LogP contribution in [0, 0.1) is 10.8 Å². The summed E-state index contributed by atoms with van der Waals surface area (Å²) < 4.78 is 5.16. The van der Waals surface area contributed by atoms with E-state index in [4.69, 9.17) is 4.74 Å². The highest BCUT2D eigenvalue weighted by Crippen LogP contribution is 2.56. The molecule has 1 N–H and O–H groups in total. The summed E-state index contributed by atoms with van der Waals surface area (Å²) in [5.41, 5.74) is -0.106. The van der Waals surface area contributed by atoms with Gasteiger partial charge in [0.05, 0.1) is 12.5 Å². The molecule has 3 heterocycles. The Bertz CT molecular complexity index is 798. The van der Waals surface area contributed by atoms with Crippen molar-refractivity contribution in [2.75, 3.05) is 39.8 Å². The normalized spacial score (nSPS) is 26.0. The monoisotopic (exact) mass is 385 g/mol. The Labute approximate surface area is 165 Å². The molecule has 3 fully saturated rings. The maximum absolute atomic E-state index is 12.9. The third-order valence-corrected chi connectivity index (χ3v) is 7.03. The lowest BCUT2D eigenvalue weighted by Gasteiger charge is -2.46. The van der Waals surface area contributed by atoms with Crippen molar-refractivity contribution in [1.82, 2.24) is 15.1 Å². The van der Waals surface area contributed by atoms with Gasteiger partial charge < -0.3 is 19.9 Å². The van der Waals surface area contributed by atoms with Gasteiger partial charge in [-0.2, -0.15) is 0 Å². The Hall–Kier alpha value is -2.57. The number of nitrogens with one attached hydrogen (secondary N) is 1. The van der Waals surface area contributed by atoms with Crippen molar-refractivity contribution >= 4 is 17.7 Å². The van der Waals surface area contributed by atoms with Crippen LogP contribution in [0.15, 0.2) is 24.3 Å². The highest BCUT2D eigenvalue weighted by molar-refractivity contribution is 5.94. The van der Waals surface area contributed by atoms with Gasteiger partial charge in [-0.05, 0) is 43.5 Å². The molecule has 2 spiro atoms. The van der Waals surface area contributed by atoms with Gasteiger partial charge in [-0.1, -0.05) is 0 Å². The minimum atomic E-state index is -0.506. The maximum atomic E-state index is 12.9. The van der Waals surface area contributed by atoms with E-state index in [1.165, 1.54) is 0 Å². The van der Waals surface area contributed by atoms with E-state index < -0.39 is 5.41 Å². The lowest BCUT2D eigenvalue weighted by atomic mass is 9.60. The third-order valence-electron chi connectivity index (χ3n) is 7.03. The second kappa shape index (κ2) is 6.79. The van der Waals surface area contributed by atoms with Crippen molar-refractivity contribution in [2.45, 2.75) is 26.2 Å². The fourth-order valence-electron chi connectivity index (χ4n) is 5.31. The standard InChI is InChI=1S/C21H27N3O4/c1-15(25)24-13-20(21(14-24)7-10-22-19(21)27)8-11-23(12-9-20)18(26)16-3-5-17(28-2)6-4-16/h3-6H,7-14H2,1-2H3,(H,22,27). The Kier molecular flexibility index (Phi) is 4.56. The first-order valence-electron chi connectivity index (χ1n) is 9.88. The van der Waals surface area contributed by atoms with Crippen molar-refractivity contribution < 1.29 is 19.1 Å². The van der Waals surface area contributed by atoms with Gasteiger partial charge in [-0.15, -0.1) is 0 Å². The molecule has 1 aromatic rings. The largest absolute Gasteiger partial charge is 0.497 e. The molecule has 0 saturated carbocycles. The average molecular weight is 385 g/mol. The van der Waals surface area contributed by atoms with Gasteiger partial charge in [0.1, 0.15) is 5.75 Å². The zero-order valence-electron chi connectivity index (χ0n) is 16.5. The first-order valence-corrected chi connectivity index (χ1v) is 9.88. The molecule has 3 amide bonds. The van der Waals surface area contributed by atoms with Gasteiger partial charge in [0.2, 0.25) is 11.8 Å². The number of methoxy groups -OCH3 is 1. The summed E-state index contributed by atoms with van der Waals surface area (Å²) in [7, 11) is 1.60. The second-order valence-corrected chi connectivity index (χ2v) is 8.26. The Morgan fingerprint density at radius 2 is 1.71 bits per heavy atom. The number of carbonyl (C=O) groups excluding carboxylic acids is 3. The van der Waals surface area contributed by atoms with Gasteiger partial charge in [-0.3, -0.25) is 14.4 Å². The van der Waals surface area contributed by atoms with E-state index in [-0.39, 0.29) is 23.1 Å². The maximum Gasteiger partial charge on any atom is 0.253 e. The van der Waals surface area contributed by atoms with Crippen molar-refractivity contribution in [1.29, 1.82) is 0 Å². The van der Waals surface area contributed by atoms with Crippen LogP contribution in [0.25, 0.3) is 0 Å². The molecule has 150 valence electrons. The zero-order valence-corrected chi connectivity index (χ0v) is 16.5. The number of hydrogen-bond acceptors (Lipinski definition) is 4. The van der Waals surface area contributed by atoms with Gasteiger partial charge in [0, 0.05) is 50.6 Å². The topological polar surface area (TPSA) is 79.0 Å². The molecule has 0 bridgehead atoms. The summed E-state index contributed by atoms with van der Waals surface area (Å²) in [6, 6.07) is 7.14. The number of rotatable bonds is 2. The Balaban J connectivity index is 1.52. The third kappa shape index (κ3) is 2.75. The smallest absolute Gasteiger partial charge is 0.253 e. The zero-order chi connectivity index (χ0) is 19.9. The molecule has 3 saturated heterocycles. The first kappa shape index (κ1) is 18.8. The summed E-state index contributed by atoms with van der Waals surface area (Å²) in [5, 5.41) is 2.98. The molecule has 0 aliphatic carbocycles.